The average Bonchev–Trinajstić information content (AvgIpc) is 2.34. The van der Waals surface area contributed by atoms with Gasteiger partial charge in [0.15, 0.2) is 0 Å². The molecule has 0 amide bonds. The molecular weight excluding hydrogens is 239 g/mol. The maximum absolute atomic E-state index is 13.2. The highest BCUT2D eigenvalue weighted by molar-refractivity contribution is 5.35. The van der Waals surface area contributed by atoms with Crippen molar-refractivity contribution in [2.45, 2.75) is 51.5 Å². The normalized spacial score (nSPS) is 21.1. The summed E-state index contributed by atoms with van der Waals surface area (Å²) in [7, 11) is 0. The van der Waals surface area contributed by atoms with Gasteiger partial charge in [0.1, 0.15) is 5.82 Å². The van der Waals surface area contributed by atoms with Crippen LogP contribution in [0.2, 0.25) is 0 Å². The number of benzene rings is 1. The highest BCUT2D eigenvalue weighted by atomic mass is 19.1. The van der Waals surface area contributed by atoms with Gasteiger partial charge in [0.2, 0.25) is 0 Å². The van der Waals surface area contributed by atoms with Crippen molar-refractivity contribution in [1.82, 2.24) is 5.43 Å². The Labute approximate surface area is 114 Å². The Morgan fingerprint density at radius 1 is 1.21 bits per heavy atom. The Bertz CT molecular complexity index is 454. The minimum atomic E-state index is -0.191. The summed E-state index contributed by atoms with van der Waals surface area (Å²) in [6.07, 6.45) is 9.58. The summed E-state index contributed by atoms with van der Waals surface area (Å²) in [6, 6.07) is 4.94. The van der Waals surface area contributed by atoms with Gasteiger partial charge in [0, 0.05) is 0 Å². The van der Waals surface area contributed by atoms with Crippen molar-refractivity contribution < 1.29 is 4.39 Å². The number of allylic oxidation sites excluding steroid dienone is 1. The molecule has 0 fully saturated rings. The number of hydrazine groups is 1. The van der Waals surface area contributed by atoms with Crippen LogP contribution >= 0.6 is 0 Å². The van der Waals surface area contributed by atoms with E-state index in [4.69, 9.17) is 5.84 Å². The molecular formula is C16H23FN2. The molecule has 19 heavy (non-hydrogen) atoms. The van der Waals surface area contributed by atoms with Crippen LogP contribution in [0.4, 0.5) is 4.39 Å². The van der Waals surface area contributed by atoms with Crippen molar-refractivity contribution in [3.63, 3.8) is 0 Å². The fraction of sp³-hybridized carbons (Fsp3) is 0.500. The highest BCUT2D eigenvalue weighted by Gasteiger charge is 2.17. The Morgan fingerprint density at radius 3 is 2.74 bits per heavy atom. The van der Waals surface area contributed by atoms with E-state index in [1.165, 1.54) is 37.3 Å². The van der Waals surface area contributed by atoms with Crippen molar-refractivity contribution >= 4 is 0 Å². The maximum Gasteiger partial charge on any atom is 0.123 e. The third-order valence-electron chi connectivity index (χ3n) is 3.91. The molecule has 3 N–H and O–H groups in total. The summed E-state index contributed by atoms with van der Waals surface area (Å²) in [5.74, 6) is 5.56. The number of nitrogens with one attached hydrogen (secondary N) is 1. The summed E-state index contributed by atoms with van der Waals surface area (Å²) >= 11 is 0. The summed E-state index contributed by atoms with van der Waals surface area (Å²) in [5.41, 5.74) is 6.28. The first-order valence-electron chi connectivity index (χ1n) is 7.13. The van der Waals surface area contributed by atoms with Gasteiger partial charge in [-0.2, -0.15) is 0 Å². The van der Waals surface area contributed by atoms with Crippen LogP contribution in [0.1, 0.15) is 55.7 Å². The Kier molecular flexibility index (Phi) is 5.11. The minimum Gasteiger partial charge on any atom is -0.271 e. The van der Waals surface area contributed by atoms with Crippen LogP contribution in [0.25, 0.3) is 0 Å². The molecule has 1 atom stereocenters. The fourth-order valence-electron chi connectivity index (χ4n) is 2.84. The van der Waals surface area contributed by atoms with Crippen molar-refractivity contribution in [2.24, 2.45) is 5.84 Å². The third kappa shape index (κ3) is 3.64. The molecule has 1 aromatic carbocycles. The SMILES string of the molecule is Cc1cc(F)ccc1C(NN)/C1=C/CCCCCC1. The van der Waals surface area contributed by atoms with Crippen LogP contribution in [0.15, 0.2) is 29.8 Å². The minimum absolute atomic E-state index is 0.0127. The van der Waals surface area contributed by atoms with Gasteiger partial charge in [-0.3, -0.25) is 5.84 Å². The molecule has 0 aliphatic heterocycles. The quantitative estimate of drug-likeness (QED) is 0.492. The topological polar surface area (TPSA) is 38.0 Å². The van der Waals surface area contributed by atoms with Crippen LogP contribution in [0.3, 0.4) is 0 Å². The zero-order chi connectivity index (χ0) is 13.7. The predicted octanol–water partition coefficient (Wildman–Crippen LogP) is 3.92. The van der Waals surface area contributed by atoms with Gasteiger partial charge < -0.3 is 0 Å². The number of aryl methyl sites for hydroxylation is 1. The van der Waals surface area contributed by atoms with E-state index in [0.717, 1.165) is 24.0 Å². The second-order valence-electron chi connectivity index (χ2n) is 5.33. The molecule has 1 aliphatic rings. The molecule has 1 aliphatic carbocycles. The van der Waals surface area contributed by atoms with Crippen molar-refractivity contribution in [3.05, 3.63) is 46.8 Å². The predicted molar refractivity (Wildman–Crippen MR) is 77.0 cm³/mol. The molecule has 0 saturated heterocycles. The van der Waals surface area contributed by atoms with Gasteiger partial charge in [0.05, 0.1) is 6.04 Å². The smallest absolute Gasteiger partial charge is 0.123 e. The zero-order valence-corrected chi connectivity index (χ0v) is 11.6. The van der Waals surface area contributed by atoms with E-state index in [0.29, 0.717) is 0 Å². The molecule has 0 bridgehead atoms. The first-order valence-corrected chi connectivity index (χ1v) is 7.13. The molecule has 1 aromatic rings. The molecule has 0 radical (unpaired) electrons. The second-order valence-corrected chi connectivity index (χ2v) is 5.33. The first-order chi connectivity index (χ1) is 9.22. The van der Waals surface area contributed by atoms with Gasteiger partial charge >= 0.3 is 0 Å². The number of halogens is 1. The van der Waals surface area contributed by atoms with Gasteiger partial charge in [-0.15, -0.1) is 0 Å². The number of rotatable bonds is 3. The largest absolute Gasteiger partial charge is 0.271 e. The van der Waals surface area contributed by atoms with Crippen LogP contribution in [-0.4, -0.2) is 0 Å². The van der Waals surface area contributed by atoms with Crippen LogP contribution < -0.4 is 11.3 Å². The van der Waals surface area contributed by atoms with Crippen LogP contribution in [-0.2, 0) is 0 Å². The molecule has 0 spiro atoms. The summed E-state index contributed by atoms with van der Waals surface area (Å²) in [4.78, 5) is 0. The zero-order valence-electron chi connectivity index (χ0n) is 11.6. The number of hydrogen-bond acceptors (Lipinski definition) is 2. The lowest BCUT2D eigenvalue weighted by molar-refractivity contribution is 0.552. The van der Waals surface area contributed by atoms with E-state index in [1.807, 2.05) is 13.0 Å². The van der Waals surface area contributed by atoms with Crippen LogP contribution in [0, 0.1) is 12.7 Å². The molecule has 1 unspecified atom stereocenters. The molecule has 0 aromatic heterocycles. The third-order valence-corrected chi connectivity index (χ3v) is 3.91. The summed E-state index contributed by atoms with van der Waals surface area (Å²) < 4.78 is 13.2. The molecule has 0 heterocycles. The maximum atomic E-state index is 13.2. The van der Waals surface area contributed by atoms with Gasteiger partial charge in [-0.05, 0) is 55.9 Å². The Balaban J connectivity index is 2.27. The highest BCUT2D eigenvalue weighted by Crippen LogP contribution is 2.30. The Hall–Kier alpha value is -1.19. The second kappa shape index (κ2) is 6.83. The van der Waals surface area contributed by atoms with Gasteiger partial charge in [-0.25, -0.2) is 9.82 Å². The standard InChI is InChI=1S/C16H23FN2/c1-12-11-14(17)9-10-15(12)16(19-18)13-7-5-3-2-4-6-8-13/h7,9-11,16,19H,2-6,8,18H2,1H3/b13-7+. The lowest BCUT2D eigenvalue weighted by Crippen LogP contribution is -2.30. The first kappa shape index (κ1) is 14.2. The summed E-state index contributed by atoms with van der Waals surface area (Å²) in [5, 5.41) is 0. The average molecular weight is 262 g/mol. The van der Waals surface area contributed by atoms with Crippen molar-refractivity contribution in [1.29, 1.82) is 0 Å². The fourth-order valence-corrected chi connectivity index (χ4v) is 2.84. The van der Waals surface area contributed by atoms with E-state index in [2.05, 4.69) is 11.5 Å². The van der Waals surface area contributed by atoms with E-state index >= 15 is 0 Å². The van der Waals surface area contributed by atoms with Crippen molar-refractivity contribution in [3.8, 4) is 0 Å². The molecule has 0 saturated carbocycles. The molecule has 3 heteroatoms. The monoisotopic (exact) mass is 262 g/mol. The van der Waals surface area contributed by atoms with E-state index in [9.17, 15) is 4.39 Å². The Morgan fingerprint density at radius 2 is 2.00 bits per heavy atom. The lowest BCUT2D eigenvalue weighted by atomic mass is 9.89. The van der Waals surface area contributed by atoms with E-state index in [1.54, 1.807) is 6.07 Å². The number of nitrogens with two attached hydrogens (primary N) is 1. The lowest BCUT2D eigenvalue weighted by Gasteiger charge is -2.23. The van der Waals surface area contributed by atoms with E-state index in [-0.39, 0.29) is 11.9 Å². The van der Waals surface area contributed by atoms with Crippen molar-refractivity contribution in [2.75, 3.05) is 0 Å². The van der Waals surface area contributed by atoms with Gasteiger partial charge in [0.25, 0.3) is 0 Å². The van der Waals surface area contributed by atoms with Crippen LogP contribution in [0.5, 0.6) is 0 Å². The number of hydrogen-bond donors (Lipinski definition) is 2. The molecule has 104 valence electrons. The summed E-state index contributed by atoms with van der Waals surface area (Å²) in [6.45, 7) is 1.94. The van der Waals surface area contributed by atoms with Gasteiger partial charge in [-0.1, -0.05) is 30.6 Å². The molecule has 2 nitrogen and oxygen atoms in total. The van der Waals surface area contributed by atoms with E-state index < -0.39 is 0 Å². The molecule has 2 rings (SSSR count).